The van der Waals surface area contributed by atoms with Crippen molar-refractivity contribution in [1.82, 2.24) is 10.3 Å². The van der Waals surface area contributed by atoms with Gasteiger partial charge in [0.05, 0.1) is 0 Å². The SMILES string of the molecule is CCCC1CCC(C(Cc2cccnc2)NC)CC1. The zero-order valence-electron chi connectivity index (χ0n) is 12.4. The van der Waals surface area contributed by atoms with Gasteiger partial charge in [-0.15, -0.1) is 0 Å². The van der Waals surface area contributed by atoms with E-state index in [-0.39, 0.29) is 0 Å². The minimum absolute atomic E-state index is 0.617. The van der Waals surface area contributed by atoms with Gasteiger partial charge >= 0.3 is 0 Å². The lowest BCUT2D eigenvalue weighted by molar-refractivity contribution is 0.217. The third-order valence-corrected chi connectivity index (χ3v) is 4.71. The molecule has 1 atom stereocenters. The first-order valence-corrected chi connectivity index (χ1v) is 7.89. The molecule has 1 saturated carbocycles. The molecule has 1 unspecified atom stereocenters. The van der Waals surface area contributed by atoms with Crippen LogP contribution in [0.2, 0.25) is 0 Å². The highest BCUT2D eigenvalue weighted by atomic mass is 14.9. The molecule has 2 heteroatoms. The van der Waals surface area contributed by atoms with Gasteiger partial charge in [0.25, 0.3) is 0 Å². The van der Waals surface area contributed by atoms with E-state index in [9.17, 15) is 0 Å². The van der Waals surface area contributed by atoms with Crippen LogP contribution in [0.3, 0.4) is 0 Å². The van der Waals surface area contributed by atoms with E-state index in [0.29, 0.717) is 6.04 Å². The maximum absolute atomic E-state index is 4.23. The van der Waals surface area contributed by atoms with Gasteiger partial charge in [0.1, 0.15) is 0 Å². The summed E-state index contributed by atoms with van der Waals surface area (Å²) in [6.45, 7) is 2.31. The molecular formula is C17H28N2. The Labute approximate surface area is 118 Å². The van der Waals surface area contributed by atoms with Crippen LogP contribution in [0.15, 0.2) is 24.5 Å². The van der Waals surface area contributed by atoms with Crippen LogP contribution in [0.25, 0.3) is 0 Å². The van der Waals surface area contributed by atoms with Crippen LogP contribution in [0.4, 0.5) is 0 Å². The Kier molecular flexibility index (Phi) is 5.84. The van der Waals surface area contributed by atoms with E-state index < -0.39 is 0 Å². The number of hydrogen-bond acceptors (Lipinski definition) is 2. The van der Waals surface area contributed by atoms with Crippen LogP contribution in [-0.4, -0.2) is 18.1 Å². The molecule has 1 aliphatic carbocycles. The van der Waals surface area contributed by atoms with Crippen molar-refractivity contribution in [2.75, 3.05) is 7.05 Å². The summed E-state index contributed by atoms with van der Waals surface area (Å²) >= 11 is 0. The fourth-order valence-electron chi connectivity index (χ4n) is 3.56. The van der Waals surface area contributed by atoms with Gasteiger partial charge in [0.15, 0.2) is 0 Å². The van der Waals surface area contributed by atoms with E-state index in [4.69, 9.17) is 0 Å². The molecule has 0 aromatic carbocycles. The average Bonchev–Trinajstić information content (AvgIpc) is 2.47. The molecule has 1 heterocycles. The van der Waals surface area contributed by atoms with Gasteiger partial charge in [-0.3, -0.25) is 4.98 Å². The van der Waals surface area contributed by atoms with Crippen molar-refractivity contribution in [3.05, 3.63) is 30.1 Å². The normalized spacial score (nSPS) is 25.2. The molecule has 0 spiro atoms. The largest absolute Gasteiger partial charge is 0.316 e. The Morgan fingerprint density at radius 2 is 2.11 bits per heavy atom. The van der Waals surface area contributed by atoms with Gasteiger partial charge < -0.3 is 5.32 Å². The summed E-state index contributed by atoms with van der Waals surface area (Å²) in [5.74, 6) is 1.84. The van der Waals surface area contributed by atoms with Gasteiger partial charge in [-0.1, -0.05) is 38.7 Å². The van der Waals surface area contributed by atoms with Gasteiger partial charge in [-0.05, 0) is 49.8 Å². The molecule has 0 amide bonds. The number of hydrogen-bond donors (Lipinski definition) is 1. The summed E-state index contributed by atoms with van der Waals surface area (Å²) in [5.41, 5.74) is 1.36. The van der Waals surface area contributed by atoms with E-state index in [1.54, 1.807) is 0 Å². The summed E-state index contributed by atoms with van der Waals surface area (Å²) in [7, 11) is 2.11. The second-order valence-electron chi connectivity index (χ2n) is 6.03. The third kappa shape index (κ3) is 4.31. The predicted molar refractivity (Wildman–Crippen MR) is 81.1 cm³/mol. The highest BCUT2D eigenvalue weighted by Crippen LogP contribution is 2.33. The molecule has 1 fully saturated rings. The summed E-state index contributed by atoms with van der Waals surface area (Å²) in [6.07, 6.45) is 13.4. The number of nitrogens with one attached hydrogen (secondary N) is 1. The van der Waals surface area contributed by atoms with Crippen LogP contribution in [0.5, 0.6) is 0 Å². The van der Waals surface area contributed by atoms with Crippen LogP contribution in [-0.2, 0) is 6.42 Å². The van der Waals surface area contributed by atoms with Crippen molar-refractivity contribution in [3.8, 4) is 0 Å². The van der Waals surface area contributed by atoms with E-state index in [1.807, 2.05) is 18.5 Å². The maximum Gasteiger partial charge on any atom is 0.0300 e. The lowest BCUT2D eigenvalue weighted by atomic mass is 9.76. The lowest BCUT2D eigenvalue weighted by Gasteiger charge is -2.34. The Balaban J connectivity index is 1.85. The standard InChI is InChI=1S/C17H28N2/c1-3-5-14-7-9-16(10-8-14)17(18-2)12-15-6-4-11-19-13-15/h4,6,11,13-14,16-18H,3,5,7-10,12H2,1-2H3. The highest BCUT2D eigenvalue weighted by molar-refractivity contribution is 5.10. The Morgan fingerprint density at radius 3 is 2.68 bits per heavy atom. The molecule has 106 valence electrons. The quantitative estimate of drug-likeness (QED) is 0.841. The van der Waals surface area contributed by atoms with Crippen molar-refractivity contribution in [2.24, 2.45) is 11.8 Å². The van der Waals surface area contributed by atoms with Gasteiger partial charge in [-0.25, -0.2) is 0 Å². The summed E-state index contributed by atoms with van der Waals surface area (Å²) in [5, 5.41) is 3.54. The highest BCUT2D eigenvalue weighted by Gasteiger charge is 2.26. The molecule has 0 radical (unpaired) electrons. The molecule has 1 aliphatic rings. The molecule has 1 aromatic heterocycles. The summed E-state index contributed by atoms with van der Waals surface area (Å²) in [6, 6.07) is 4.85. The molecule has 0 bridgehead atoms. The smallest absolute Gasteiger partial charge is 0.0300 e. The van der Waals surface area contributed by atoms with Gasteiger partial charge in [0, 0.05) is 18.4 Å². The summed E-state index contributed by atoms with van der Waals surface area (Å²) < 4.78 is 0. The fourth-order valence-corrected chi connectivity index (χ4v) is 3.56. The number of rotatable bonds is 6. The molecule has 19 heavy (non-hydrogen) atoms. The second kappa shape index (κ2) is 7.64. The maximum atomic E-state index is 4.23. The Morgan fingerprint density at radius 1 is 1.32 bits per heavy atom. The molecule has 2 nitrogen and oxygen atoms in total. The first kappa shape index (κ1) is 14.5. The van der Waals surface area contributed by atoms with Crippen molar-refractivity contribution in [3.63, 3.8) is 0 Å². The van der Waals surface area contributed by atoms with Crippen molar-refractivity contribution >= 4 is 0 Å². The molecule has 2 rings (SSSR count). The molecule has 1 N–H and O–H groups in total. The van der Waals surface area contributed by atoms with Crippen molar-refractivity contribution < 1.29 is 0 Å². The predicted octanol–water partition coefficient (Wildman–Crippen LogP) is 3.82. The summed E-state index contributed by atoms with van der Waals surface area (Å²) in [4.78, 5) is 4.23. The van der Waals surface area contributed by atoms with Crippen LogP contribution in [0.1, 0.15) is 51.0 Å². The molecule has 1 aromatic rings. The van der Waals surface area contributed by atoms with Crippen LogP contribution in [0, 0.1) is 11.8 Å². The minimum atomic E-state index is 0.617. The monoisotopic (exact) mass is 260 g/mol. The first-order chi connectivity index (χ1) is 9.33. The number of likely N-dealkylation sites (N-methyl/N-ethyl adjacent to an activating group) is 1. The molecule has 0 saturated heterocycles. The molecular weight excluding hydrogens is 232 g/mol. The number of aromatic nitrogens is 1. The van der Waals surface area contributed by atoms with E-state index in [2.05, 4.69) is 30.3 Å². The van der Waals surface area contributed by atoms with Crippen molar-refractivity contribution in [2.45, 2.75) is 57.9 Å². The topological polar surface area (TPSA) is 24.9 Å². The van der Waals surface area contributed by atoms with E-state index >= 15 is 0 Å². The minimum Gasteiger partial charge on any atom is -0.316 e. The molecule has 0 aliphatic heterocycles. The van der Waals surface area contributed by atoms with Crippen LogP contribution < -0.4 is 5.32 Å². The first-order valence-electron chi connectivity index (χ1n) is 7.89. The zero-order valence-corrected chi connectivity index (χ0v) is 12.4. The Hall–Kier alpha value is -0.890. The van der Waals surface area contributed by atoms with Gasteiger partial charge in [0.2, 0.25) is 0 Å². The number of nitrogens with zero attached hydrogens (tertiary/aromatic N) is 1. The second-order valence-corrected chi connectivity index (χ2v) is 6.03. The fraction of sp³-hybridized carbons (Fsp3) is 0.706. The van der Waals surface area contributed by atoms with Crippen molar-refractivity contribution in [1.29, 1.82) is 0 Å². The lowest BCUT2D eigenvalue weighted by Crippen LogP contribution is -2.37. The van der Waals surface area contributed by atoms with Gasteiger partial charge in [-0.2, -0.15) is 0 Å². The third-order valence-electron chi connectivity index (χ3n) is 4.71. The zero-order chi connectivity index (χ0) is 13.5. The van der Waals surface area contributed by atoms with E-state index in [1.165, 1.54) is 44.1 Å². The van der Waals surface area contributed by atoms with E-state index in [0.717, 1.165) is 18.3 Å². The average molecular weight is 260 g/mol. The number of pyridine rings is 1. The Bertz CT molecular complexity index is 342. The van der Waals surface area contributed by atoms with Crippen LogP contribution >= 0.6 is 0 Å².